The van der Waals surface area contributed by atoms with Crippen LogP contribution in [-0.2, 0) is 4.79 Å². The summed E-state index contributed by atoms with van der Waals surface area (Å²) < 4.78 is 0. The highest BCUT2D eigenvalue weighted by Gasteiger charge is 2.20. The Balaban J connectivity index is 1.72. The van der Waals surface area contributed by atoms with Crippen LogP contribution >= 0.6 is 23.2 Å². The van der Waals surface area contributed by atoms with Crippen LogP contribution in [-0.4, -0.2) is 47.9 Å². The van der Waals surface area contributed by atoms with Crippen LogP contribution in [0.2, 0.25) is 10.0 Å². The van der Waals surface area contributed by atoms with Crippen molar-refractivity contribution in [2.45, 2.75) is 6.92 Å². The average molecular weight is 393 g/mol. The van der Waals surface area contributed by atoms with Gasteiger partial charge in [-0.15, -0.1) is 0 Å². The second-order valence-electron chi connectivity index (χ2n) is 5.98. The van der Waals surface area contributed by atoms with E-state index in [1.54, 1.807) is 37.4 Å². The van der Waals surface area contributed by atoms with Gasteiger partial charge >= 0.3 is 0 Å². The van der Waals surface area contributed by atoms with Crippen molar-refractivity contribution in [3.8, 4) is 0 Å². The minimum Gasteiger partial charge on any atom is -0.367 e. The maximum Gasteiger partial charge on any atom is 0.257 e. The van der Waals surface area contributed by atoms with E-state index in [0.717, 1.165) is 5.69 Å². The summed E-state index contributed by atoms with van der Waals surface area (Å²) in [5, 5.41) is 3.43. The van der Waals surface area contributed by atoms with Gasteiger partial charge in [0.05, 0.1) is 33.2 Å². The van der Waals surface area contributed by atoms with Gasteiger partial charge in [-0.3, -0.25) is 14.6 Å². The molecular weight excluding hydrogens is 375 g/mol. The maximum absolute atomic E-state index is 12.5. The Hall–Kier alpha value is -2.31. The first kappa shape index (κ1) is 18.5. The van der Waals surface area contributed by atoms with E-state index in [2.05, 4.69) is 15.2 Å². The Morgan fingerprint density at radius 3 is 2.54 bits per heavy atom. The number of aromatic nitrogens is 1. The van der Waals surface area contributed by atoms with E-state index >= 15 is 0 Å². The molecule has 1 saturated heterocycles. The molecule has 0 saturated carbocycles. The van der Waals surface area contributed by atoms with E-state index in [-0.39, 0.29) is 11.8 Å². The summed E-state index contributed by atoms with van der Waals surface area (Å²) in [5.41, 5.74) is 1.72. The smallest absolute Gasteiger partial charge is 0.257 e. The van der Waals surface area contributed by atoms with Crippen LogP contribution in [0.25, 0.3) is 0 Å². The van der Waals surface area contributed by atoms with Crippen molar-refractivity contribution in [1.82, 2.24) is 9.88 Å². The van der Waals surface area contributed by atoms with Crippen molar-refractivity contribution in [2.75, 3.05) is 36.4 Å². The van der Waals surface area contributed by atoms with Gasteiger partial charge in [0.25, 0.3) is 5.91 Å². The van der Waals surface area contributed by atoms with Crippen LogP contribution < -0.4 is 10.2 Å². The average Bonchev–Trinajstić information content (AvgIpc) is 2.65. The van der Waals surface area contributed by atoms with E-state index in [9.17, 15) is 9.59 Å². The van der Waals surface area contributed by atoms with Crippen molar-refractivity contribution in [3.63, 3.8) is 0 Å². The molecule has 1 N–H and O–H groups in total. The van der Waals surface area contributed by atoms with Crippen LogP contribution in [0.3, 0.4) is 0 Å². The third-order valence-electron chi connectivity index (χ3n) is 4.28. The first-order chi connectivity index (χ1) is 12.5. The number of anilines is 2. The lowest BCUT2D eigenvalue weighted by molar-refractivity contribution is -0.129. The number of nitrogens with zero attached hydrogens (tertiary/aromatic N) is 3. The van der Waals surface area contributed by atoms with Gasteiger partial charge in [0, 0.05) is 39.3 Å². The zero-order valence-electron chi connectivity index (χ0n) is 14.2. The molecule has 0 unspecified atom stereocenters. The minimum atomic E-state index is -0.314. The lowest BCUT2D eigenvalue weighted by atomic mass is 10.2. The highest BCUT2D eigenvalue weighted by atomic mass is 35.5. The van der Waals surface area contributed by atoms with Crippen LogP contribution in [0.15, 0.2) is 36.7 Å². The summed E-state index contributed by atoms with van der Waals surface area (Å²) in [6, 6.07) is 6.84. The third-order valence-corrected chi connectivity index (χ3v) is 5.09. The third kappa shape index (κ3) is 4.08. The molecule has 8 heteroatoms. The summed E-state index contributed by atoms with van der Waals surface area (Å²) in [7, 11) is 0. The number of hydrogen-bond acceptors (Lipinski definition) is 4. The molecule has 2 heterocycles. The molecule has 26 heavy (non-hydrogen) atoms. The molecule has 1 aliphatic heterocycles. The molecule has 1 aromatic heterocycles. The Kier molecular flexibility index (Phi) is 5.64. The lowest BCUT2D eigenvalue weighted by Crippen LogP contribution is -2.48. The van der Waals surface area contributed by atoms with Gasteiger partial charge in [-0.25, -0.2) is 0 Å². The minimum absolute atomic E-state index is 0.0781. The van der Waals surface area contributed by atoms with Crippen molar-refractivity contribution >= 4 is 46.4 Å². The van der Waals surface area contributed by atoms with Gasteiger partial charge in [0.1, 0.15) is 0 Å². The molecule has 1 aromatic carbocycles. The molecular formula is C18H18Cl2N4O2. The zero-order chi connectivity index (χ0) is 18.7. The van der Waals surface area contributed by atoms with Crippen LogP contribution in [0.5, 0.6) is 0 Å². The van der Waals surface area contributed by atoms with Crippen LogP contribution in [0.4, 0.5) is 11.4 Å². The lowest BCUT2D eigenvalue weighted by Gasteiger charge is -2.35. The fourth-order valence-corrected chi connectivity index (χ4v) is 3.15. The van der Waals surface area contributed by atoms with E-state index < -0.39 is 0 Å². The Morgan fingerprint density at radius 2 is 1.85 bits per heavy atom. The number of benzene rings is 1. The normalized spacial score (nSPS) is 14.3. The van der Waals surface area contributed by atoms with Gasteiger partial charge in [-0.1, -0.05) is 29.3 Å². The molecule has 136 valence electrons. The number of carbonyl (C=O) groups excluding carboxylic acids is 2. The van der Waals surface area contributed by atoms with E-state index in [0.29, 0.717) is 47.5 Å². The summed E-state index contributed by atoms with van der Waals surface area (Å²) in [6.45, 7) is 4.29. The summed E-state index contributed by atoms with van der Waals surface area (Å²) in [4.78, 5) is 32.1. The van der Waals surface area contributed by atoms with E-state index in [4.69, 9.17) is 23.2 Å². The summed E-state index contributed by atoms with van der Waals surface area (Å²) in [5.74, 6) is -0.236. The first-order valence-corrected chi connectivity index (χ1v) is 8.92. The molecule has 0 radical (unpaired) electrons. The van der Waals surface area contributed by atoms with Gasteiger partial charge in [-0.2, -0.15) is 0 Å². The Morgan fingerprint density at radius 1 is 1.12 bits per heavy atom. The second kappa shape index (κ2) is 7.93. The number of carbonyl (C=O) groups is 2. The number of rotatable bonds is 3. The number of halogens is 2. The molecule has 0 atom stereocenters. The highest BCUT2D eigenvalue weighted by Crippen LogP contribution is 2.30. The number of nitrogens with one attached hydrogen (secondary N) is 1. The van der Waals surface area contributed by atoms with Gasteiger partial charge < -0.3 is 15.1 Å². The number of pyridine rings is 1. The van der Waals surface area contributed by atoms with Gasteiger partial charge in [-0.05, 0) is 18.2 Å². The quantitative estimate of drug-likeness (QED) is 0.869. The topological polar surface area (TPSA) is 65.5 Å². The molecule has 1 fully saturated rings. The monoisotopic (exact) mass is 392 g/mol. The van der Waals surface area contributed by atoms with Crippen LogP contribution in [0.1, 0.15) is 17.3 Å². The molecule has 1 aliphatic rings. The fourth-order valence-electron chi connectivity index (χ4n) is 2.80. The Labute approximate surface area is 161 Å². The molecule has 6 nitrogen and oxygen atoms in total. The van der Waals surface area contributed by atoms with E-state index in [1.807, 2.05) is 4.90 Å². The van der Waals surface area contributed by atoms with Gasteiger partial charge in [0.15, 0.2) is 0 Å². The standard InChI is InChI=1S/C18H18Cl2N4O2/c1-12(25)23-5-7-24(8-6-23)14-9-13(10-21-11-14)18(26)22-16-4-2-3-15(19)17(16)20/h2-4,9-11H,5-8H2,1H3,(H,22,26). The molecule has 0 aliphatic carbocycles. The largest absolute Gasteiger partial charge is 0.367 e. The zero-order valence-corrected chi connectivity index (χ0v) is 15.7. The highest BCUT2D eigenvalue weighted by molar-refractivity contribution is 6.44. The van der Waals surface area contributed by atoms with Crippen molar-refractivity contribution in [3.05, 3.63) is 52.3 Å². The molecule has 0 spiro atoms. The van der Waals surface area contributed by atoms with Crippen molar-refractivity contribution < 1.29 is 9.59 Å². The van der Waals surface area contributed by atoms with Crippen molar-refractivity contribution in [1.29, 1.82) is 0 Å². The first-order valence-electron chi connectivity index (χ1n) is 8.16. The molecule has 2 amide bonds. The predicted molar refractivity (Wildman–Crippen MR) is 103 cm³/mol. The summed E-state index contributed by atoms with van der Waals surface area (Å²) >= 11 is 12.1. The maximum atomic E-state index is 12.5. The Bertz CT molecular complexity index is 836. The van der Waals surface area contributed by atoms with Crippen LogP contribution in [0, 0.1) is 0 Å². The number of piperazine rings is 1. The fraction of sp³-hybridized carbons (Fsp3) is 0.278. The number of hydrogen-bond donors (Lipinski definition) is 1. The van der Waals surface area contributed by atoms with Gasteiger partial charge in [0.2, 0.25) is 5.91 Å². The molecule has 0 bridgehead atoms. The number of amides is 2. The van der Waals surface area contributed by atoms with Crippen molar-refractivity contribution in [2.24, 2.45) is 0 Å². The molecule has 3 rings (SSSR count). The summed E-state index contributed by atoms with van der Waals surface area (Å²) in [6.07, 6.45) is 3.22. The SMILES string of the molecule is CC(=O)N1CCN(c2cncc(C(=O)Nc3cccc(Cl)c3Cl)c2)CC1. The molecule has 2 aromatic rings. The predicted octanol–water partition coefficient (Wildman–Crippen LogP) is 3.31. The van der Waals surface area contributed by atoms with E-state index in [1.165, 1.54) is 6.20 Å². The second-order valence-corrected chi connectivity index (χ2v) is 6.77.